The molecular formula is C9H6Cl2F2N2. The molecule has 1 N–H and O–H groups in total. The van der Waals surface area contributed by atoms with Crippen molar-refractivity contribution in [2.45, 2.75) is 10.8 Å². The number of fused-ring (bicyclic) bond motifs is 1. The van der Waals surface area contributed by atoms with Gasteiger partial charge in [0.1, 0.15) is 0 Å². The molecule has 6 heteroatoms. The summed E-state index contributed by atoms with van der Waals surface area (Å²) >= 11 is 10.4. The molecule has 2 rings (SSSR count). The van der Waals surface area contributed by atoms with Gasteiger partial charge in [-0.2, -0.15) is 8.78 Å². The second-order valence-electron chi connectivity index (χ2n) is 3.03. The highest BCUT2D eigenvalue weighted by atomic mass is 35.5. The summed E-state index contributed by atoms with van der Waals surface area (Å²) in [5, 5.41) is 0. The fourth-order valence-corrected chi connectivity index (χ4v) is 1.42. The molecule has 2 aromatic rings. The lowest BCUT2D eigenvalue weighted by Crippen LogP contribution is -2.23. The summed E-state index contributed by atoms with van der Waals surface area (Å²) in [5.41, 5.74) is 0.988. The maximum Gasteiger partial charge on any atom is 0.334 e. The van der Waals surface area contributed by atoms with E-state index in [0.717, 1.165) is 0 Å². The number of benzene rings is 1. The van der Waals surface area contributed by atoms with E-state index in [4.69, 9.17) is 23.2 Å². The Hall–Kier alpha value is -0.870. The van der Waals surface area contributed by atoms with E-state index >= 15 is 0 Å². The number of aromatic nitrogens is 2. The number of aromatic amines is 1. The Morgan fingerprint density at radius 1 is 1.27 bits per heavy atom. The van der Waals surface area contributed by atoms with Gasteiger partial charge in [0, 0.05) is 0 Å². The van der Waals surface area contributed by atoms with Crippen LogP contribution in [0, 0.1) is 0 Å². The molecular weight excluding hydrogens is 245 g/mol. The minimum Gasteiger partial charge on any atom is -0.337 e. The van der Waals surface area contributed by atoms with E-state index in [1.165, 1.54) is 0 Å². The maximum atomic E-state index is 13.4. The Balaban J connectivity index is 2.53. The van der Waals surface area contributed by atoms with E-state index in [1.807, 2.05) is 0 Å². The second-order valence-corrected chi connectivity index (χ2v) is 4.12. The molecule has 0 atom stereocenters. The summed E-state index contributed by atoms with van der Waals surface area (Å²) in [6.07, 6.45) is 0. The summed E-state index contributed by atoms with van der Waals surface area (Å²) in [7, 11) is 0. The molecule has 1 aromatic carbocycles. The summed E-state index contributed by atoms with van der Waals surface area (Å²) < 4.78 is 26.7. The topological polar surface area (TPSA) is 28.7 Å². The van der Waals surface area contributed by atoms with Gasteiger partial charge >= 0.3 is 5.92 Å². The van der Waals surface area contributed by atoms with Gasteiger partial charge in [0.05, 0.1) is 11.0 Å². The molecule has 0 bridgehead atoms. The van der Waals surface area contributed by atoms with Crippen molar-refractivity contribution in [1.29, 1.82) is 0 Å². The average molecular weight is 251 g/mol. The number of hydrogen-bond acceptors (Lipinski definition) is 1. The Labute approximate surface area is 94.2 Å². The number of hydrogen-bond donors (Lipinski definition) is 1. The first-order chi connectivity index (χ1) is 7.01. The molecule has 0 saturated carbocycles. The number of halogens is 4. The summed E-state index contributed by atoms with van der Waals surface area (Å²) in [6.45, 7) is 0. The average Bonchev–Trinajstić information content (AvgIpc) is 2.61. The van der Waals surface area contributed by atoms with Crippen LogP contribution in [0.3, 0.4) is 0 Å². The quantitative estimate of drug-likeness (QED) is 0.813. The van der Waals surface area contributed by atoms with Gasteiger partial charge in [0.25, 0.3) is 0 Å². The van der Waals surface area contributed by atoms with Crippen molar-refractivity contribution in [2.24, 2.45) is 0 Å². The number of rotatable bonds is 2. The molecule has 0 radical (unpaired) electrons. The third-order valence-electron chi connectivity index (χ3n) is 1.98. The molecule has 0 spiro atoms. The van der Waals surface area contributed by atoms with Crippen molar-refractivity contribution in [3.8, 4) is 0 Å². The maximum absolute atomic E-state index is 13.4. The lowest BCUT2D eigenvalue weighted by molar-refractivity contribution is 0.00241. The lowest BCUT2D eigenvalue weighted by Gasteiger charge is -2.13. The van der Waals surface area contributed by atoms with Crippen molar-refractivity contribution in [3.63, 3.8) is 0 Å². The number of H-pyrrole nitrogens is 1. The first-order valence-electron chi connectivity index (χ1n) is 4.13. The number of alkyl halides is 4. The molecule has 2 nitrogen and oxygen atoms in total. The van der Waals surface area contributed by atoms with Gasteiger partial charge in [0.15, 0.2) is 10.7 Å². The van der Waals surface area contributed by atoms with Crippen LogP contribution < -0.4 is 0 Å². The summed E-state index contributed by atoms with van der Waals surface area (Å²) in [5.74, 6) is -3.89. The smallest absolute Gasteiger partial charge is 0.334 e. The standard InChI is InChI=1S/C9H6Cl2F2N2/c10-7(11)9(12,13)8-14-5-3-1-2-4-6(5)15-8/h1-4,7H,(H,14,15). The van der Waals surface area contributed by atoms with Gasteiger partial charge in [-0.25, -0.2) is 4.98 Å². The fourth-order valence-electron chi connectivity index (χ4n) is 1.21. The predicted molar refractivity (Wildman–Crippen MR) is 55.5 cm³/mol. The van der Waals surface area contributed by atoms with Crippen LogP contribution in [0.5, 0.6) is 0 Å². The Morgan fingerprint density at radius 2 is 1.93 bits per heavy atom. The SMILES string of the molecule is FC(F)(c1nc2ccccc2[nH]1)C(Cl)Cl. The van der Waals surface area contributed by atoms with E-state index in [1.54, 1.807) is 24.3 Å². The van der Waals surface area contributed by atoms with Gasteiger partial charge in [-0.1, -0.05) is 35.3 Å². The monoisotopic (exact) mass is 250 g/mol. The summed E-state index contributed by atoms with van der Waals surface area (Å²) in [4.78, 5) is 4.40. The van der Waals surface area contributed by atoms with Gasteiger partial charge in [-0.05, 0) is 12.1 Å². The predicted octanol–water partition coefficient (Wildman–Crippen LogP) is 3.46. The molecule has 0 fully saturated rings. The van der Waals surface area contributed by atoms with Crippen LogP contribution in [-0.4, -0.2) is 14.8 Å². The number of imidazole rings is 1. The fraction of sp³-hybridized carbons (Fsp3) is 0.222. The van der Waals surface area contributed by atoms with Gasteiger partial charge < -0.3 is 4.98 Å². The van der Waals surface area contributed by atoms with Crippen LogP contribution in [0.15, 0.2) is 24.3 Å². The molecule has 80 valence electrons. The third-order valence-corrected chi connectivity index (χ3v) is 2.53. The van der Waals surface area contributed by atoms with Crippen LogP contribution in [-0.2, 0) is 5.92 Å². The number of nitrogens with zero attached hydrogens (tertiary/aromatic N) is 1. The highest BCUT2D eigenvalue weighted by Crippen LogP contribution is 2.36. The Morgan fingerprint density at radius 3 is 2.53 bits per heavy atom. The normalized spacial score (nSPS) is 12.6. The zero-order valence-electron chi connectivity index (χ0n) is 7.35. The zero-order chi connectivity index (χ0) is 11.1. The van der Waals surface area contributed by atoms with Crippen molar-refractivity contribution in [3.05, 3.63) is 30.1 Å². The van der Waals surface area contributed by atoms with Crippen LogP contribution in [0.2, 0.25) is 0 Å². The minimum atomic E-state index is -3.37. The van der Waals surface area contributed by atoms with Gasteiger partial charge in [0.2, 0.25) is 0 Å². The van der Waals surface area contributed by atoms with E-state index in [9.17, 15) is 8.78 Å². The first kappa shape index (κ1) is 10.6. The van der Waals surface area contributed by atoms with Crippen LogP contribution >= 0.6 is 23.2 Å². The van der Waals surface area contributed by atoms with Crippen molar-refractivity contribution in [1.82, 2.24) is 9.97 Å². The second kappa shape index (κ2) is 3.61. The molecule has 1 heterocycles. The minimum absolute atomic E-state index is 0.459. The number of para-hydroxylation sites is 2. The molecule has 0 aliphatic heterocycles. The van der Waals surface area contributed by atoms with E-state index < -0.39 is 16.6 Å². The molecule has 15 heavy (non-hydrogen) atoms. The third kappa shape index (κ3) is 1.79. The van der Waals surface area contributed by atoms with E-state index in [-0.39, 0.29) is 0 Å². The van der Waals surface area contributed by atoms with Crippen molar-refractivity contribution in [2.75, 3.05) is 0 Å². The highest BCUT2D eigenvalue weighted by molar-refractivity contribution is 6.44. The van der Waals surface area contributed by atoms with Gasteiger partial charge in [-0.3, -0.25) is 0 Å². The molecule has 0 saturated heterocycles. The summed E-state index contributed by atoms with van der Waals surface area (Å²) in [6, 6.07) is 6.72. The van der Waals surface area contributed by atoms with Gasteiger partial charge in [-0.15, -0.1) is 0 Å². The molecule has 0 amide bonds. The van der Waals surface area contributed by atoms with Crippen LogP contribution in [0.25, 0.3) is 11.0 Å². The molecule has 0 unspecified atom stereocenters. The number of nitrogens with one attached hydrogen (secondary N) is 1. The van der Waals surface area contributed by atoms with Crippen molar-refractivity contribution < 1.29 is 8.78 Å². The molecule has 0 aliphatic carbocycles. The molecule has 0 aliphatic rings. The van der Waals surface area contributed by atoms with E-state index in [2.05, 4.69) is 9.97 Å². The first-order valence-corrected chi connectivity index (χ1v) is 5.00. The van der Waals surface area contributed by atoms with Crippen molar-refractivity contribution >= 4 is 34.2 Å². The lowest BCUT2D eigenvalue weighted by atomic mass is 10.3. The largest absolute Gasteiger partial charge is 0.337 e. The zero-order valence-corrected chi connectivity index (χ0v) is 8.86. The highest BCUT2D eigenvalue weighted by Gasteiger charge is 2.42. The molecule has 1 aromatic heterocycles. The Bertz CT molecular complexity index is 449. The van der Waals surface area contributed by atoms with E-state index in [0.29, 0.717) is 11.0 Å². The van der Waals surface area contributed by atoms with Crippen LogP contribution in [0.1, 0.15) is 5.82 Å². The Kier molecular flexibility index (Phi) is 2.56. The van der Waals surface area contributed by atoms with Crippen LogP contribution in [0.4, 0.5) is 8.78 Å².